The van der Waals surface area contributed by atoms with E-state index in [1.54, 1.807) is 48.5 Å². The summed E-state index contributed by atoms with van der Waals surface area (Å²) in [6.07, 6.45) is 25.8. The van der Waals surface area contributed by atoms with Gasteiger partial charge in [-0.1, -0.05) is 178 Å². The first kappa shape index (κ1) is 70.8. The van der Waals surface area contributed by atoms with Crippen LogP contribution in [0.2, 0.25) is 0 Å². The Morgan fingerprint density at radius 2 is 0.600 bits per heavy atom. The van der Waals surface area contributed by atoms with Gasteiger partial charge in [-0.05, 0) is 160 Å². The standard InChI is InChI=1S/C76H94O14/c1-7-9-11-13-21-25-29-55(3)85-73(79)61-37-33-57(34-38-61)59-41-47-65(48-42-59)87-75(81)63-45-51-67(69(53-63)83-5)89-71(77)31-27-23-19-17-15-16-18-20-24-28-32-72(78)90-68-52-46-64(54-70(68)84-6)76(82)88-66-49-43-60(44-50-66)58-35-39-62(40-36-58)74(80)86-56(4)30-26-22-14-12-10-8-2/h33-56H,7-32H2,1-6H3. The Bertz CT molecular complexity index is 2940. The summed E-state index contributed by atoms with van der Waals surface area (Å²) in [5.41, 5.74) is 5.03. The van der Waals surface area contributed by atoms with Gasteiger partial charge in [-0.2, -0.15) is 0 Å². The van der Waals surface area contributed by atoms with E-state index in [9.17, 15) is 28.8 Å². The summed E-state index contributed by atoms with van der Waals surface area (Å²) in [5.74, 6) is -0.985. The normalized spacial score (nSPS) is 11.7. The molecule has 0 aliphatic rings. The molecule has 0 fully saturated rings. The summed E-state index contributed by atoms with van der Waals surface area (Å²) in [6, 6.07) is 37.8. The van der Waals surface area contributed by atoms with Crippen LogP contribution < -0.4 is 28.4 Å². The highest BCUT2D eigenvalue weighted by atomic mass is 16.6. The number of rotatable bonds is 41. The molecule has 90 heavy (non-hydrogen) atoms. The molecule has 14 nitrogen and oxygen atoms in total. The van der Waals surface area contributed by atoms with E-state index < -0.39 is 11.9 Å². The van der Waals surface area contributed by atoms with Gasteiger partial charge in [0.1, 0.15) is 11.5 Å². The highest BCUT2D eigenvalue weighted by Crippen LogP contribution is 2.33. The molecule has 0 spiro atoms. The minimum atomic E-state index is -0.595. The molecule has 0 aliphatic heterocycles. The molecule has 2 unspecified atom stereocenters. The van der Waals surface area contributed by atoms with E-state index in [1.165, 1.54) is 102 Å². The molecule has 0 heterocycles. The van der Waals surface area contributed by atoms with Crippen LogP contribution in [-0.2, 0) is 19.1 Å². The molecule has 6 rings (SSSR count). The van der Waals surface area contributed by atoms with Gasteiger partial charge in [0, 0.05) is 12.8 Å². The molecule has 6 aromatic rings. The van der Waals surface area contributed by atoms with Gasteiger partial charge in [0.2, 0.25) is 0 Å². The van der Waals surface area contributed by atoms with E-state index in [-0.39, 0.29) is 83.1 Å². The molecule has 482 valence electrons. The SMILES string of the molecule is CCCCCCCCC(C)OC(=O)c1ccc(-c2ccc(OC(=O)c3ccc(OC(=O)CCCCCCCCCCCCC(=O)Oc4ccc(C(=O)Oc5ccc(-c6ccc(C(=O)OC(C)CCCCCCCC)cc6)cc5)cc4OC)c(OC)c3)cc2)cc1. The maximum absolute atomic E-state index is 13.1. The van der Waals surface area contributed by atoms with Crippen LogP contribution in [0.1, 0.15) is 236 Å². The smallest absolute Gasteiger partial charge is 0.343 e. The topological polar surface area (TPSA) is 176 Å². The Kier molecular flexibility index (Phi) is 31.2. The monoisotopic (exact) mass is 1230 g/mol. The van der Waals surface area contributed by atoms with Crippen LogP contribution in [0.25, 0.3) is 22.3 Å². The van der Waals surface area contributed by atoms with Crippen molar-refractivity contribution < 1.29 is 66.7 Å². The number of hydrogen-bond donors (Lipinski definition) is 0. The van der Waals surface area contributed by atoms with Crippen molar-refractivity contribution in [2.24, 2.45) is 0 Å². The van der Waals surface area contributed by atoms with E-state index in [0.717, 1.165) is 112 Å². The van der Waals surface area contributed by atoms with Crippen molar-refractivity contribution in [3.05, 3.63) is 156 Å². The third kappa shape index (κ3) is 25.0. The fourth-order valence-electron chi connectivity index (χ4n) is 10.5. The summed E-state index contributed by atoms with van der Waals surface area (Å²) in [4.78, 5) is 77.3. The molecule has 0 N–H and O–H groups in total. The molecule has 0 radical (unpaired) electrons. The summed E-state index contributed by atoms with van der Waals surface area (Å²) in [5, 5.41) is 0. The molecular weight excluding hydrogens is 1140 g/mol. The second-order valence-corrected chi connectivity index (χ2v) is 23.2. The van der Waals surface area contributed by atoms with E-state index >= 15 is 0 Å². The number of carbonyl (C=O) groups excluding carboxylic acids is 6. The quantitative estimate of drug-likeness (QED) is 0.0201. The first-order valence-corrected chi connectivity index (χ1v) is 32.8. The maximum Gasteiger partial charge on any atom is 0.343 e. The number of ether oxygens (including phenoxy) is 8. The molecule has 0 aliphatic carbocycles. The maximum atomic E-state index is 13.1. The van der Waals surface area contributed by atoms with E-state index in [2.05, 4.69) is 13.8 Å². The van der Waals surface area contributed by atoms with Gasteiger partial charge in [-0.25, -0.2) is 19.2 Å². The molecule has 2 atom stereocenters. The lowest BCUT2D eigenvalue weighted by Crippen LogP contribution is -2.15. The van der Waals surface area contributed by atoms with Crippen LogP contribution in [0.5, 0.6) is 34.5 Å². The van der Waals surface area contributed by atoms with Gasteiger partial charge in [-0.3, -0.25) is 9.59 Å². The molecule has 0 saturated heterocycles. The molecule has 0 amide bonds. The zero-order valence-electron chi connectivity index (χ0n) is 54.0. The van der Waals surface area contributed by atoms with Crippen molar-refractivity contribution in [3.8, 4) is 56.8 Å². The van der Waals surface area contributed by atoms with Crippen LogP contribution in [0.4, 0.5) is 0 Å². The largest absolute Gasteiger partial charge is 0.493 e. The number of methoxy groups -OCH3 is 2. The van der Waals surface area contributed by atoms with Gasteiger partial charge in [-0.15, -0.1) is 0 Å². The molecule has 0 bridgehead atoms. The van der Waals surface area contributed by atoms with Gasteiger partial charge >= 0.3 is 35.8 Å². The predicted octanol–water partition coefficient (Wildman–Crippen LogP) is 19.3. The Morgan fingerprint density at radius 3 is 0.922 bits per heavy atom. The molecule has 0 aromatic heterocycles. The minimum absolute atomic E-state index is 0.137. The highest BCUT2D eigenvalue weighted by Gasteiger charge is 2.20. The second-order valence-electron chi connectivity index (χ2n) is 23.2. The molecule has 6 aromatic carbocycles. The fourth-order valence-corrected chi connectivity index (χ4v) is 10.5. The van der Waals surface area contributed by atoms with Crippen LogP contribution in [0.15, 0.2) is 133 Å². The molecule has 14 heteroatoms. The lowest BCUT2D eigenvalue weighted by molar-refractivity contribution is -0.135. The summed E-state index contributed by atoms with van der Waals surface area (Å²) >= 11 is 0. The van der Waals surface area contributed by atoms with E-state index in [1.807, 2.05) is 62.4 Å². The Morgan fingerprint density at radius 1 is 0.311 bits per heavy atom. The first-order chi connectivity index (χ1) is 43.8. The van der Waals surface area contributed by atoms with Crippen molar-refractivity contribution in [2.75, 3.05) is 14.2 Å². The number of unbranched alkanes of at least 4 members (excludes halogenated alkanes) is 19. The Labute approximate surface area is 533 Å². The van der Waals surface area contributed by atoms with Gasteiger partial charge in [0.15, 0.2) is 23.0 Å². The second kappa shape index (κ2) is 39.7. The Hall–Kier alpha value is -8.26. The van der Waals surface area contributed by atoms with Crippen LogP contribution in [0, 0.1) is 0 Å². The third-order valence-electron chi connectivity index (χ3n) is 15.8. The average Bonchev–Trinajstić information content (AvgIpc) is 1.67. The summed E-state index contributed by atoms with van der Waals surface area (Å²) in [7, 11) is 2.89. The van der Waals surface area contributed by atoms with Crippen LogP contribution in [0.3, 0.4) is 0 Å². The van der Waals surface area contributed by atoms with Crippen molar-refractivity contribution >= 4 is 35.8 Å². The lowest BCUT2D eigenvalue weighted by Gasteiger charge is -2.13. The lowest BCUT2D eigenvalue weighted by atomic mass is 10.0. The van der Waals surface area contributed by atoms with Crippen LogP contribution >= 0.6 is 0 Å². The van der Waals surface area contributed by atoms with Crippen molar-refractivity contribution in [2.45, 2.75) is 207 Å². The highest BCUT2D eigenvalue weighted by molar-refractivity contribution is 5.94. The zero-order valence-corrected chi connectivity index (χ0v) is 54.0. The van der Waals surface area contributed by atoms with Crippen LogP contribution in [-0.4, -0.2) is 62.2 Å². The molecule has 0 saturated carbocycles. The number of benzene rings is 6. The van der Waals surface area contributed by atoms with Gasteiger partial charge < -0.3 is 37.9 Å². The van der Waals surface area contributed by atoms with Gasteiger partial charge in [0.25, 0.3) is 0 Å². The van der Waals surface area contributed by atoms with E-state index in [4.69, 9.17) is 37.9 Å². The Balaban J connectivity index is 0.790. The van der Waals surface area contributed by atoms with Crippen molar-refractivity contribution in [1.29, 1.82) is 0 Å². The van der Waals surface area contributed by atoms with Gasteiger partial charge in [0.05, 0.1) is 48.7 Å². The van der Waals surface area contributed by atoms with E-state index in [0.29, 0.717) is 35.5 Å². The average molecular weight is 1230 g/mol. The summed E-state index contributed by atoms with van der Waals surface area (Å²) in [6.45, 7) is 8.30. The predicted molar refractivity (Wildman–Crippen MR) is 352 cm³/mol. The van der Waals surface area contributed by atoms with Crippen molar-refractivity contribution in [3.63, 3.8) is 0 Å². The number of hydrogen-bond acceptors (Lipinski definition) is 14. The molecular formula is C76H94O14. The zero-order chi connectivity index (χ0) is 64.3. The number of esters is 6. The third-order valence-corrected chi connectivity index (χ3v) is 15.8. The fraction of sp³-hybridized carbons (Fsp3) is 0.447. The summed E-state index contributed by atoms with van der Waals surface area (Å²) < 4.78 is 44.8. The minimum Gasteiger partial charge on any atom is -0.493 e. The first-order valence-electron chi connectivity index (χ1n) is 32.8. The number of carbonyl (C=O) groups is 6. The van der Waals surface area contributed by atoms with Crippen molar-refractivity contribution in [1.82, 2.24) is 0 Å².